The zero-order chi connectivity index (χ0) is 25.8. The lowest BCUT2D eigenvalue weighted by Crippen LogP contribution is -2.13. The van der Waals surface area contributed by atoms with E-state index in [0.29, 0.717) is 10.6 Å². The van der Waals surface area contributed by atoms with Gasteiger partial charge < -0.3 is 10.3 Å². The largest absolute Gasteiger partial charge is 0.353 e. The lowest BCUT2D eigenvalue weighted by Gasteiger charge is -2.07. The third-order valence-electron chi connectivity index (χ3n) is 6.84. The molecule has 3 N–H and O–H groups in total. The number of amides is 1. The zero-order valence-corrected chi connectivity index (χ0v) is 21.2. The second-order valence-electron chi connectivity index (χ2n) is 9.58. The predicted octanol–water partition coefficient (Wildman–Crippen LogP) is 6.45. The van der Waals surface area contributed by atoms with E-state index in [1.54, 1.807) is 25.5 Å². The highest BCUT2D eigenvalue weighted by molar-refractivity contribution is 7.17. The average molecular weight is 519 g/mol. The number of H-pyrrole nitrogens is 2. The highest BCUT2D eigenvalue weighted by Gasteiger charge is 2.29. The number of benzene rings is 1. The van der Waals surface area contributed by atoms with E-state index in [4.69, 9.17) is 0 Å². The van der Waals surface area contributed by atoms with Crippen LogP contribution in [0.5, 0.6) is 0 Å². The molecule has 0 saturated heterocycles. The second-order valence-corrected chi connectivity index (χ2v) is 10.7. The van der Waals surface area contributed by atoms with Crippen LogP contribution in [0.4, 0.5) is 5.69 Å². The number of nitrogens with zero attached hydrogens (tertiary/aromatic N) is 3. The molecule has 5 heterocycles. The minimum atomic E-state index is 0.0491. The Morgan fingerprint density at radius 3 is 2.63 bits per heavy atom. The number of pyridine rings is 2. The van der Waals surface area contributed by atoms with Gasteiger partial charge in [0.15, 0.2) is 5.78 Å². The number of fused-ring (bicyclic) bond motifs is 2. The summed E-state index contributed by atoms with van der Waals surface area (Å²) in [6, 6.07) is 15.8. The molecule has 0 radical (unpaired) electrons. The van der Waals surface area contributed by atoms with Gasteiger partial charge in [-0.05, 0) is 67.8 Å². The van der Waals surface area contributed by atoms with E-state index in [1.807, 2.05) is 36.4 Å². The monoisotopic (exact) mass is 518 g/mol. The highest BCUT2D eigenvalue weighted by Crippen LogP contribution is 2.37. The van der Waals surface area contributed by atoms with Crippen molar-refractivity contribution in [1.82, 2.24) is 25.1 Å². The number of Topliss-reactive ketones (excluding diaryl/α,β-unsaturated/α-hetero) is 1. The quantitative estimate of drug-likeness (QED) is 0.219. The third-order valence-corrected chi connectivity index (χ3v) is 8.03. The van der Waals surface area contributed by atoms with Crippen LogP contribution in [0.1, 0.15) is 29.4 Å². The van der Waals surface area contributed by atoms with Crippen LogP contribution in [0.15, 0.2) is 67.1 Å². The van der Waals surface area contributed by atoms with Gasteiger partial charge in [-0.2, -0.15) is 5.10 Å². The maximum atomic E-state index is 12.2. The number of hydrogen-bond acceptors (Lipinski definition) is 6. The molecule has 0 aliphatic heterocycles. The van der Waals surface area contributed by atoms with E-state index < -0.39 is 0 Å². The number of carbonyl (C=O) groups excluding carboxylic acids is 2. The SMILES string of the molecule is CC(=O)c1ccc(-c2nccc3[nH]c(-c4n[nH]c5ccc(-c6cncc(NC(=O)C7CC7)c6)cc45)cc23)s1. The number of hydrogen-bond donors (Lipinski definition) is 3. The van der Waals surface area contributed by atoms with Crippen molar-refractivity contribution in [2.75, 3.05) is 5.32 Å². The number of thiophene rings is 1. The van der Waals surface area contributed by atoms with Gasteiger partial charge >= 0.3 is 0 Å². The number of rotatable bonds is 6. The van der Waals surface area contributed by atoms with Gasteiger partial charge in [-0.3, -0.25) is 24.7 Å². The minimum Gasteiger partial charge on any atom is -0.353 e. The van der Waals surface area contributed by atoms with Crippen LogP contribution in [0.2, 0.25) is 0 Å². The number of aromatic nitrogens is 5. The van der Waals surface area contributed by atoms with Gasteiger partial charge in [0, 0.05) is 40.2 Å². The van der Waals surface area contributed by atoms with E-state index in [9.17, 15) is 9.59 Å². The molecule has 1 aliphatic carbocycles. The number of carbonyl (C=O) groups is 2. The molecule has 1 saturated carbocycles. The Labute approximate surface area is 221 Å². The van der Waals surface area contributed by atoms with Gasteiger partial charge in [0.25, 0.3) is 0 Å². The number of nitrogens with one attached hydrogen (secondary N) is 3. The first kappa shape index (κ1) is 22.6. The molecule has 1 fully saturated rings. The van der Waals surface area contributed by atoms with Crippen molar-refractivity contribution < 1.29 is 9.59 Å². The lowest BCUT2D eigenvalue weighted by molar-refractivity contribution is -0.117. The van der Waals surface area contributed by atoms with Crippen molar-refractivity contribution in [3.63, 3.8) is 0 Å². The van der Waals surface area contributed by atoms with Crippen LogP contribution < -0.4 is 5.32 Å². The molecule has 38 heavy (non-hydrogen) atoms. The first-order valence-electron chi connectivity index (χ1n) is 12.4. The Kier molecular flexibility index (Phi) is 5.19. The summed E-state index contributed by atoms with van der Waals surface area (Å²) in [5, 5.41) is 12.7. The lowest BCUT2D eigenvalue weighted by atomic mass is 10.0. The Balaban J connectivity index is 1.27. The van der Waals surface area contributed by atoms with E-state index >= 15 is 0 Å². The summed E-state index contributed by atoms with van der Waals surface area (Å²) in [6.07, 6.45) is 7.15. The van der Waals surface area contributed by atoms with Crippen molar-refractivity contribution >= 4 is 50.5 Å². The molecule has 8 nitrogen and oxygen atoms in total. The molecule has 0 atom stereocenters. The first-order chi connectivity index (χ1) is 18.5. The molecule has 0 spiro atoms. The van der Waals surface area contributed by atoms with Crippen molar-refractivity contribution in [3.8, 4) is 33.1 Å². The fourth-order valence-electron chi connectivity index (χ4n) is 4.69. The standard InChI is InChI=1S/C29H22N6O2S/c1-15(36)25-6-7-26(38-25)28-21-12-24(33-22(21)8-9-31-28)27-20-11-17(4-5-23(20)34-35-27)18-10-19(14-30-13-18)32-29(37)16-2-3-16/h4-14,16,33H,2-3H2,1H3,(H,32,37)(H,34,35). The second kappa shape index (κ2) is 8.74. The molecular weight excluding hydrogens is 496 g/mol. The van der Waals surface area contributed by atoms with Crippen molar-refractivity contribution in [3.05, 3.63) is 72.0 Å². The van der Waals surface area contributed by atoms with E-state index in [-0.39, 0.29) is 17.6 Å². The van der Waals surface area contributed by atoms with Crippen LogP contribution in [0, 0.1) is 5.92 Å². The predicted molar refractivity (Wildman–Crippen MR) is 149 cm³/mol. The molecule has 6 aromatic rings. The van der Waals surface area contributed by atoms with Crippen LogP contribution in [0.25, 0.3) is 54.9 Å². The molecule has 5 aromatic heterocycles. The summed E-state index contributed by atoms with van der Waals surface area (Å²) in [7, 11) is 0. The van der Waals surface area contributed by atoms with Crippen molar-refractivity contribution in [2.45, 2.75) is 19.8 Å². The zero-order valence-electron chi connectivity index (χ0n) is 20.4. The van der Waals surface area contributed by atoms with Crippen LogP contribution in [-0.4, -0.2) is 36.8 Å². The molecule has 0 unspecified atom stereocenters. The average Bonchev–Trinajstić information content (AvgIpc) is 3.32. The van der Waals surface area contributed by atoms with Gasteiger partial charge in [0.1, 0.15) is 5.69 Å². The van der Waals surface area contributed by atoms with Crippen LogP contribution in [-0.2, 0) is 4.79 Å². The molecule has 7 rings (SSSR count). The van der Waals surface area contributed by atoms with Crippen molar-refractivity contribution in [1.29, 1.82) is 0 Å². The van der Waals surface area contributed by atoms with Gasteiger partial charge in [0.05, 0.1) is 38.5 Å². The van der Waals surface area contributed by atoms with E-state index in [2.05, 4.69) is 42.6 Å². The summed E-state index contributed by atoms with van der Waals surface area (Å²) in [5.74, 6) is 0.240. The molecule has 1 aliphatic rings. The molecule has 0 bridgehead atoms. The molecule has 9 heteroatoms. The highest BCUT2D eigenvalue weighted by atomic mass is 32.1. The Morgan fingerprint density at radius 2 is 1.82 bits per heavy atom. The fourth-order valence-corrected chi connectivity index (χ4v) is 5.60. The Hall–Kier alpha value is -4.63. The van der Waals surface area contributed by atoms with Gasteiger partial charge in [0.2, 0.25) is 5.91 Å². The normalized spacial score (nSPS) is 13.3. The Morgan fingerprint density at radius 1 is 0.947 bits per heavy atom. The maximum absolute atomic E-state index is 12.2. The first-order valence-corrected chi connectivity index (χ1v) is 13.2. The number of aromatic amines is 2. The number of ketones is 1. The summed E-state index contributed by atoms with van der Waals surface area (Å²) in [4.78, 5) is 38.1. The Bertz CT molecular complexity index is 1880. The van der Waals surface area contributed by atoms with Crippen LogP contribution >= 0.6 is 11.3 Å². The fraction of sp³-hybridized carbons (Fsp3) is 0.138. The third kappa shape index (κ3) is 3.97. The maximum Gasteiger partial charge on any atom is 0.227 e. The van der Waals surface area contributed by atoms with Crippen molar-refractivity contribution in [2.24, 2.45) is 5.92 Å². The van der Waals surface area contributed by atoms with Crippen LogP contribution in [0.3, 0.4) is 0 Å². The molecule has 186 valence electrons. The molecule has 1 amide bonds. The van der Waals surface area contributed by atoms with Gasteiger partial charge in [-0.25, -0.2) is 0 Å². The van der Waals surface area contributed by atoms with E-state index in [0.717, 1.165) is 67.7 Å². The molecule has 1 aromatic carbocycles. The number of anilines is 1. The van der Waals surface area contributed by atoms with E-state index in [1.165, 1.54) is 11.3 Å². The van der Waals surface area contributed by atoms with Gasteiger partial charge in [-0.15, -0.1) is 11.3 Å². The molecular formula is C29H22N6O2S. The summed E-state index contributed by atoms with van der Waals surface area (Å²) in [5.41, 5.74) is 6.94. The minimum absolute atomic E-state index is 0.0491. The summed E-state index contributed by atoms with van der Waals surface area (Å²) < 4.78 is 0. The summed E-state index contributed by atoms with van der Waals surface area (Å²) in [6.45, 7) is 1.57. The topological polar surface area (TPSA) is 116 Å². The summed E-state index contributed by atoms with van der Waals surface area (Å²) >= 11 is 1.45. The van der Waals surface area contributed by atoms with Gasteiger partial charge in [-0.1, -0.05) is 6.07 Å². The smallest absolute Gasteiger partial charge is 0.227 e.